The number of aromatic nitrogens is 3. The van der Waals surface area contributed by atoms with Crippen molar-refractivity contribution in [3.63, 3.8) is 0 Å². The second-order valence-electron chi connectivity index (χ2n) is 7.75. The summed E-state index contributed by atoms with van der Waals surface area (Å²) in [5, 5.41) is 2.86. The Hall–Kier alpha value is -1.64. The number of pyridine rings is 3. The average molecular weight is 641 g/mol. The Labute approximate surface area is 221 Å². The number of rotatable bonds is 8. The molecule has 8 heteroatoms. The van der Waals surface area contributed by atoms with Gasteiger partial charge in [0.1, 0.15) is 5.82 Å². The lowest BCUT2D eigenvalue weighted by Crippen LogP contribution is -2.21. The van der Waals surface area contributed by atoms with Crippen LogP contribution in [0.2, 0.25) is 0 Å². The fraction of sp³-hybridized carbons (Fsp3) is 0.360. The number of nitrogens with one attached hydrogen (secondary N) is 1. The molecule has 3 aromatic heterocycles. The van der Waals surface area contributed by atoms with E-state index in [0.717, 1.165) is 31.8 Å². The zero-order valence-corrected chi connectivity index (χ0v) is 23.8. The SMILES string of the molecule is CCCC(C(=O)Nc1ccc(Br)cn1)c1cncc(Br)c1.CCCC(C)c1cncc(Br)c1. The summed E-state index contributed by atoms with van der Waals surface area (Å²) < 4.78 is 2.82. The van der Waals surface area contributed by atoms with Gasteiger partial charge in [-0.3, -0.25) is 14.8 Å². The van der Waals surface area contributed by atoms with Crippen LogP contribution in [-0.4, -0.2) is 20.9 Å². The van der Waals surface area contributed by atoms with E-state index in [1.165, 1.54) is 18.4 Å². The second kappa shape index (κ2) is 14.6. The smallest absolute Gasteiger partial charge is 0.233 e. The van der Waals surface area contributed by atoms with Crippen LogP contribution < -0.4 is 5.32 Å². The fourth-order valence-electron chi connectivity index (χ4n) is 3.32. The van der Waals surface area contributed by atoms with E-state index in [9.17, 15) is 4.79 Å². The van der Waals surface area contributed by atoms with Gasteiger partial charge in [-0.2, -0.15) is 0 Å². The largest absolute Gasteiger partial charge is 0.310 e. The maximum absolute atomic E-state index is 12.5. The molecule has 0 aromatic carbocycles. The molecule has 0 saturated carbocycles. The van der Waals surface area contributed by atoms with Gasteiger partial charge in [0.15, 0.2) is 0 Å². The lowest BCUT2D eigenvalue weighted by molar-refractivity contribution is -0.117. The van der Waals surface area contributed by atoms with Crippen molar-refractivity contribution in [3.8, 4) is 0 Å². The Balaban J connectivity index is 0.000000273. The standard InChI is InChI=1S/C15H15Br2N3O.C10H14BrN/c1-2-3-13(10-6-12(17)8-18-7-10)15(21)20-14-5-4-11(16)9-19-14;1-3-4-8(2)9-5-10(11)7-12-6-9/h4-9,13H,2-3H2,1H3,(H,19,20,21);5-8H,3-4H2,1-2H3. The number of carbonyl (C=O) groups excluding carboxylic acids is 1. The molecule has 0 aliphatic heterocycles. The topological polar surface area (TPSA) is 67.8 Å². The highest BCUT2D eigenvalue weighted by Crippen LogP contribution is 2.25. The molecule has 0 aliphatic carbocycles. The summed E-state index contributed by atoms with van der Waals surface area (Å²) in [5.74, 6) is 0.879. The quantitative estimate of drug-likeness (QED) is 0.269. The molecule has 0 saturated heterocycles. The number of hydrogen-bond acceptors (Lipinski definition) is 4. The van der Waals surface area contributed by atoms with Gasteiger partial charge in [0, 0.05) is 44.4 Å². The number of hydrogen-bond donors (Lipinski definition) is 1. The molecular weight excluding hydrogens is 612 g/mol. The molecule has 3 aromatic rings. The third-order valence-corrected chi connectivity index (χ3v) is 6.35. The van der Waals surface area contributed by atoms with E-state index in [-0.39, 0.29) is 11.8 Å². The van der Waals surface area contributed by atoms with E-state index in [0.29, 0.717) is 11.7 Å². The third-order valence-electron chi connectivity index (χ3n) is 5.02. The zero-order chi connectivity index (χ0) is 24.2. The molecule has 0 bridgehead atoms. The van der Waals surface area contributed by atoms with Gasteiger partial charge in [0.2, 0.25) is 5.91 Å². The second-order valence-corrected chi connectivity index (χ2v) is 10.5. The van der Waals surface area contributed by atoms with Gasteiger partial charge in [0.05, 0.1) is 5.92 Å². The van der Waals surface area contributed by atoms with Gasteiger partial charge < -0.3 is 5.32 Å². The molecule has 176 valence electrons. The average Bonchev–Trinajstić information content (AvgIpc) is 2.79. The van der Waals surface area contributed by atoms with Crippen molar-refractivity contribution in [1.29, 1.82) is 0 Å². The van der Waals surface area contributed by atoms with Crippen LogP contribution in [0.3, 0.4) is 0 Å². The van der Waals surface area contributed by atoms with Crippen LogP contribution in [0.5, 0.6) is 0 Å². The molecule has 33 heavy (non-hydrogen) atoms. The molecule has 0 fully saturated rings. The molecular formula is C25H29Br3N4O. The third kappa shape index (κ3) is 9.63. The highest BCUT2D eigenvalue weighted by Gasteiger charge is 2.21. The monoisotopic (exact) mass is 638 g/mol. The Morgan fingerprint density at radius 2 is 1.45 bits per heavy atom. The van der Waals surface area contributed by atoms with Crippen molar-refractivity contribution in [3.05, 3.63) is 79.8 Å². The molecule has 2 atom stereocenters. The highest BCUT2D eigenvalue weighted by atomic mass is 79.9. The normalized spacial score (nSPS) is 12.3. The Morgan fingerprint density at radius 3 is 2.00 bits per heavy atom. The summed E-state index contributed by atoms with van der Waals surface area (Å²) >= 11 is 10.1. The van der Waals surface area contributed by atoms with Gasteiger partial charge in [-0.05, 0) is 102 Å². The predicted octanol–water partition coefficient (Wildman–Crippen LogP) is 8.27. The van der Waals surface area contributed by atoms with Crippen LogP contribution in [0.1, 0.15) is 69.4 Å². The van der Waals surface area contributed by atoms with E-state index < -0.39 is 0 Å². The van der Waals surface area contributed by atoms with Crippen molar-refractivity contribution in [2.24, 2.45) is 0 Å². The number of anilines is 1. The van der Waals surface area contributed by atoms with E-state index in [2.05, 4.69) is 94.9 Å². The molecule has 2 unspecified atom stereocenters. The van der Waals surface area contributed by atoms with Crippen molar-refractivity contribution < 1.29 is 4.79 Å². The highest BCUT2D eigenvalue weighted by molar-refractivity contribution is 9.11. The van der Waals surface area contributed by atoms with E-state index >= 15 is 0 Å². The first-order valence-corrected chi connectivity index (χ1v) is 13.3. The van der Waals surface area contributed by atoms with Gasteiger partial charge in [0.25, 0.3) is 0 Å². The van der Waals surface area contributed by atoms with Crippen LogP contribution >= 0.6 is 47.8 Å². The van der Waals surface area contributed by atoms with Crippen LogP contribution in [-0.2, 0) is 4.79 Å². The summed E-state index contributed by atoms with van der Waals surface area (Å²) in [7, 11) is 0. The molecule has 1 amide bonds. The van der Waals surface area contributed by atoms with Crippen LogP contribution in [0.4, 0.5) is 5.82 Å². The van der Waals surface area contributed by atoms with Gasteiger partial charge >= 0.3 is 0 Å². The minimum Gasteiger partial charge on any atom is -0.310 e. The van der Waals surface area contributed by atoms with E-state index in [4.69, 9.17) is 0 Å². The zero-order valence-electron chi connectivity index (χ0n) is 19.1. The molecule has 0 aliphatic rings. The first-order valence-electron chi connectivity index (χ1n) is 11.0. The van der Waals surface area contributed by atoms with Crippen molar-refractivity contribution in [2.75, 3.05) is 5.32 Å². The summed E-state index contributed by atoms with van der Waals surface area (Å²) in [6.07, 6.45) is 13.0. The first kappa shape index (κ1) is 27.6. The molecule has 0 radical (unpaired) electrons. The fourth-order valence-corrected chi connectivity index (χ4v) is 4.32. The van der Waals surface area contributed by atoms with Gasteiger partial charge in [-0.25, -0.2) is 4.98 Å². The molecule has 3 rings (SSSR count). The van der Waals surface area contributed by atoms with Crippen LogP contribution in [0, 0.1) is 0 Å². The number of carbonyl (C=O) groups is 1. The lowest BCUT2D eigenvalue weighted by Gasteiger charge is -2.16. The number of nitrogens with zero attached hydrogens (tertiary/aromatic N) is 3. The molecule has 3 heterocycles. The van der Waals surface area contributed by atoms with Crippen LogP contribution in [0.25, 0.3) is 0 Å². The van der Waals surface area contributed by atoms with E-state index in [1.807, 2.05) is 24.5 Å². The van der Waals surface area contributed by atoms with Crippen molar-refractivity contribution in [1.82, 2.24) is 15.0 Å². The minimum absolute atomic E-state index is 0.0634. The maximum Gasteiger partial charge on any atom is 0.233 e. The first-order chi connectivity index (χ1) is 15.8. The van der Waals surface area contributed by atoms with Crippen LogP contribution in [0.15, 0.2) is 68.7 Å². The molecule has 5 nitrogen and oxygen atoms in total. The molecule has 0 spiro atoms. The van der Waals surface area contributed by atoms with Gasteiger partial charge in [-0.1, -0.05) is 33.6 Å². The predicted molar refractivity (Wildman–Crippen MR) is 145 cm³/mol. The summed E-state index contributed by atoms with van der Waals surface area (Å²) in [6.45, 7) is 6.51. The Kier molecular flexibility index (Phi) is 12.2. The summed E-state index contributed by atoms with van der Waals surface area (Å²) in [6, 6.07) is 7.69. The molecule has 1 N–H and O–H groups in total. The van der Waals surface area contributed by atoms with E-state index in [1.54, 1.807) is 24.7 Å². The maximum atomic E-state index is 12.5. The number of halogens is 3. The lowest BCUT2D eigenvalue weighted by atomic mass is 9.95. The van der Waals surface area contributed by atoms with Crippen molar-refractivity contribution >= 4 is 59.5 Å². The Morgan fingerprint density at radius 1 is 0.848 bits per heavy atom. The minimum atomic E-state index is -0.231. The Bertz CT molecular complexity index is 1010. The summed E-state index contributed by atoms with van der Waals surface area (Å²) in [5.41, 5.74) is 2.23. The van der Waals surface area contributed by atoms with Gasteiger partial charge in [-0.15, -0.1) is 0 Å². The number of amides is 1. The van der Waals surface area contributed by atoms with Crippen molar-refractivity contribution in [2.45, 2.75) is 58.3 Å². The summed E-state index contributed by atoms with van der Waals surface area (Å²) in [4.78, 5) is 24.9.